The van der Waals surface area contributed by atoms with E-state index in [1.54, 1.807) is 14.0 Å². The third kappa shape index (κ3) is 2.93. The maximum absolute atomic E-state index is 9.29. The first-order valence-corrected chi connectivity index (χ1v) is 5.68. The van der Waals surface area contributed by atoms with E-state index in [1.165, 1.54) is 0 Å². The predicted molar refractivity (Wildman–Crippen MR) is 70.6 cm³/mol. The Morgan fingerprint density at radius 1 is 1.38 bits per heavy atom. The molecule has 1 aromatic carbocycles. The second-order valence-electron chi connectivity index (χ2n) is 3.40. The first-order valence-electron chi connectivity index (χ1n) is 4.89. The van der Waals surface area contributed by atoms with E-state index in [2.05, 4.69) is 20.9 Å². The average Bonchev–Trinajstić information content (AvgIpc) is 2.26. The highest BCUT2D eigenvalue weighted by atomic mass is 79.9. The third-order valence-electron chi connectivity index (χ3n) is 2.26. The van der Waals surface area contributed by atoms with Crippen molar-refractivity contribution in [2.45, 2.75) is 6.92 Å². The van der Waals surface area contributed by atoms with E-state index in [4.69, 9.17) is 5.73 Å². The zero-order valence-corrected chi connectivity index (χ0v) is 11.0. The fraction of sp³-hybridized carbons (Fsp3) is 0.250. The number of aliphatic imine (C=N–C) groups is 1. The second kappa shape index (κ2) is 5.82. The quantitative estimate of drug-likeness (QED) is 0.834. The molecular formula is C12H15BrN2O. The molecule has 3 N–H and O–H groups in total. The van der Waals surface area contributed by atoms with Crippen LogP contribution < -0.4 is 5.73 Å². The van der Waals surface area contributed by atoms with Crippen LogP contribution in [0.15, 0.2) is 45.0 Å². The summed E-state index contributed by atoms with van der Waals surface area (Å²) in [6, 6.07) is 7.73. The summed E-state index contributed by atoms with van der Waals surface area (Å²) in [4.78, 5) is 4.18. The molecule has 0 aliphatic heterocycles. The molecule has 0 saturated carbocycles. The van der Waals surface area contributed by atoms with E-state index in [0.29, 0.717) is 11.3 Å². The number of halogens is 1. The van der Waals surface area contributed by atoms with E-state index in [9.17, 15) is 5.11 Å². The summed E-state index contributed by atoms with van der Waals surface area (Å²) in [6.07, 6.45) is 0. The molecule has 0 bridgehead atoms. The van der Waals surface area contributed by atoms with Gasteiger partial charge in [0.1, 0.15) is 0 Å². The molecule has 0 saturated heterocycles. The lowest BCUT2D eigenvalue weighted by Crippen LogP contribution is -2.14. The fourth-order valence-corrected chi connectivity index (χ4v) is 1.70. The van der Waals surface area contributed by atoms with Gasteiger partial charge in [0.05, 0.1) is 12.3 Å². The Balaban J connectivity index is 3.19. The van der Waals surface area contributed by atoms with Gasteiger partial charge in [0.25, 0.3) is 0 Å². The van der Waals surface area contributed by atoms with Crippen molar-refractivity contribution >= 4 is 21.6 Å². The minimum absolute atomic E-state index is 0.106. The molecule has 0 fully saturated rings. The first-order chi connectivity index (χ1) is 7.60. The van der Waals surface area contributed by atoms with Crippen LogP contribution in [0, 0.1) is 0 Å². The van der Waals surface area contributed by atoms with Crippen molar-refractivity contribution in [1.82, 2.24) is 0 Å². The predicted octanol–water partition coefficient (Wildman–Crippen LogP) is 2.09. The number of hydrogen-bond donors (Lipinski definition) is 2. The van der Waals surface area contributed by atoms with Crippen molar-refractivity contribution in [1.29, 1.82) is 0 Å². The largest absolute Gasteiger partial charge is 0.402 e. The molecule has 0 heterocycles. The van der Waals surface area contributed by atoms with Crippen LogP contribution in [0.5, 0.6) is 0 Å². The van der Waals surface area contributed by atoms with Crippen molar-refractivity contribution in [3.05, 3.63) is 45.6 Å². The van der Waals surface area contributed by atoms with Gasteiger partial charge in [-0.05, 0) is 19.1 Å². The summed E-state index contributed by atoms with van der Waals surface area (Å²) in [6.45, 7) is 1.65. The SMILES string of the molecule is CN=C(/C(CO)=C(/C)N)c1ccc(Br)cc1. The number of aliphatic hydroxyl groups excluding tert-OH is 1. The second-order valence-corrected chi connectivity index (χ2v) is 4.31. The normalized spacial score (nSPS) is 13.6. The highest BCUT2D eigenvalue weighted by molar-refractivity contribution is 9.10. The molecule has 0 aromatic heterocycles. The number of nitrogens with two attached hydrogens (primary N) is 1. The van der Waals surface area contributed by atoms with Gasteiger partial charge in [0.15, 0.2) is 0 Å². The van der Waals surface area contributed by atoms with E-state index >= 15 is 0 Å². The molecule has 0 aliphatic rings. The van der Waals surface area contributed by atoms with Crippen LogP contribution in [-0.4, -0.2) is 24.5 Å². The average molecular weight is 283 g/mol. The van der Waals surface area contributed by atoms with Gasteiger partial charge >= 0.3 is 0 Å². The Morgan fingerprint density at radius 3 is 2.31 bits per heavy atom. The molecule has 3 nitrogen and oxygen atoms in total. The van der Waals surface area contributed by atoms with Crippen molar-refractivity contribution in [2.75, 3.05) is 13.7 Å². The minimum Gasteiger partial charge on any atom is -0.402 e. The molecule has 0 aliphatic carbocycles. The number of aliphatic hydroxyl groups is 1. The number of allylic oxidation sites excluding steroid dienone is 1. The molecule has 1 rings (SSSR count). The molecule has 1 aromatic rings. The molecule has 0 radical (unpaired) electrons. The lowest BCUT2D eigenvalue weighted by Gasteiger charge is -2.10. The van der Waals surface area contributed by atoms with Gasteiger partial charge in [-0.3, -0.25) is 4.99 Å². The summed E-state index contributed by atoms with van der Waals surface area (Å²) >= 11 is 3.37. The maximum Gasteiger partial charge on any atom is 0.0719 e. The van der Waals surface area contributed by atoms with Crippen LogP contribution in [0.1, 0.15) is 12.5 Å². The van der Waals surface area contributed by atoms with Crippen LogP contribution in [0.25, 0.3) is 0 Å². The van der Waals surface area contributed by atoms with Crippen LogP contribution >= 0.6 is 15.9 Å². The fourth-order valence-electron chi connectivity index (χ4n) is 1.43. The van der Waals surface area contributed by atoms with Gasteiger partial charge in [-0.2, -0.15) is 0 Å². The van der Waals surface area contributed by atoms with Gasteiger partial charge in [0.2, 0.25) is 0 Å². The standard InChI is InChI=1S/C12H15BrN2O/c1-8(14)11(7-16)12(15-2)9-3-5-10(13)6-4-9/h3-6,16H,7,14H2,1-2H3/b11-8-,15-12?. The minimum atomic E-state index is -0.106. The Kier molecular flexibility index (Phi) is 4.71. The molecule has 0 amide bonds. The van der Waals surface area contributed by atoms with E-state index in [-0.39, 0.29) is 6.61 Å². The molecule has 0 unspecified atom stereocenters. The summed E-state index contributed by atoms with van der Waals surface area (Å²) in [5.41, 5.74) is 8.66. The molecule has 86 valence electrons. The summed E-state index contributed by atoms with van der Waals surface area (Å²) in [5, 5.41) is 9.29. The van der Waals surface area contributed by atoms with Gasteiger partial charge in [-0.25, -0.2) is 0 Å². The number of nitrogens with zero attached hydrogens (tertiary/aromatic N) is 1. The molecule has 16 heavy (non-hydrogen) atoms. The van der Waals surface area contributed by atoms with Crippen molar-refractivity contribution in [2.24, 2.45) is 10.7 Å². The molecule has 0 spiro atoms. The van der Waals surface area contributed by atoms with Gasteiger partial charge in [-0.1, -0.05) is 28.1 Å². The van der Waals surface area contributed by atoms with E-state index < -0.39 is 0 Å². The van der Waals surface area contributed by atoms with Crippen LogP contribution in [0.4, 0.5) is 0 Å². The van der Waals surface area contributed by atoms with Crippen LogP contribution in [0.2, 0.25) is 0 Å². The first kappa shape index (κ1) is 12.9. The van der Waals surface area contributed by atoms with Crippen molar-refractivity contribution < 1.29 is 5.11 Å². The van der Waals surface area contributed by atoms with Crippen molar-refractivity contribution in [3.8, 4) is 0 Å². The monoisotopic (exact) mass is 282 g/mol. The molecule has 4 heteroatoms. The lowest BCUT2D eigenvalue weighted by atomic mass is 10.0. The van der Waals surface area contributed by atoms with Crippen LogP contribution in [0.3, 0.4) is 0 Å². The van der Waals surface area contributed by atoms with Gasteiger partial charge in [-0.15, -0.1) is 0 Å². The number of benzene rings is 1. The topological polar surface area (TPSA) is 58.6 Å². The highest BCUT2D eigenvalue weighted by Crippen LogP contribution is 2.15. The Morgan fingerprint density at radius 2 is 1.94 bits per heavy atom. The summed E-state index contributed by atoms with van der Waals surface area (Å²) in [5.74, 6) is 0. The van der Waals surface area contributed by atoms with Crippen LogP contribution in [-0.2, 0) is 0 Å². The zero-order valence-electron chi connectivity index (χ0n) is 9.37. The highest BCUT2D eigenvalue weighted by Gasteiger charge is 2.10. The maximum atomic E-state index is 9.29. The smallest absolute Gasteiger partial charge is 0.0719 e. The molecule has 0 atom stereocenters. The molecular weight excluding hydrogens is 268 g/mol. The number of rotatable bonds is 3. The van der Waals surface area contributed by atoms with Crippen molar-refractivity contribution in [3.63, 3.8) is 0 Å². The Labute approximate surface area is 104 Å². The lowest BCUT2D eigenvalue weighted by molar-refractivity contribution is 0.336. The summed E-state index contributed by atoms with van der Waals surface area (Å²) < 4.78 is 1.01. The van der Waals surface area contributed by atoms with Gasteiger partial charge < -0.3 is 10.8 Å². The summed E-state index contributed by atoms with van der Waals surface area (Å²) in [7, 11) is 1.69. The zero-order chi connectivity index (χ0) is 12.1. The third-order valence-corrected chi connectivity index (χ3v) is 2.79. The van der Waals surface area contributed by atoms with E-state index in [1.807, 2.05) is 24.3 Å². The Bertz CT molecular complexity index is 417. The number of hydrogen-bond acceptors (Lipinski definition) is 3. The van der Waals surface area contributed by atoms with E-state index in [0.717, 1.165) is 15.7 Å². The van der Waals surface area contributed by atoms with Gasteiger partial charge in [0, 0.05) is 28.4 Å². The Hall–Kier alpha value is -1.13.